The normalized spacial score (nSPS) is 14.4. The van der Waals surface area contributed by atoms with Gasteiger partial charge in [-0.15, -0.1) is 11.3 Å². The van der Waals surface area contributed by atoms with Crippen LogP contribution in [0, 0.1) is 6.92 Å². The topological polar surface area (TPSA) is 54.4 Å². The van der Waals surface area contributed by atoms with Gasteiger partial charge < -0.3 is 15.2 Å². The van der Waals surface area contributed by atoms with E-state index in [1.807, 2.05) is 6.20 Å². The highest BCUT2D eigenvalue weighted by molar-refractivity contribution is 7.11. The van der Waals surface area contributed by atoms with Crippen LogP contribution in [-0.2, 0) is 4.74 Å². The third-order valence-corrected chi connectivity index (χ3v) is 4.22. The van der Waals surface area contributed by atoms with Crippen molar-refractivity contribution in [3.63, 3.8) is 0 Å². The SMILES string of the molecule is CCCCCCOCC(O)CNC(C)c1ncc(C)s1. The molecule has 1 aromatic rings. The smallest absolute Gasteiger partial charge is 0.109 e. The number of hydrogen-bond donors (Lipinski definition) is 2. The standard InChI is InChI=1S/C15H28N2O2S/c1-4-5-6-7-8-19-11-14(18)10-16-13(3)15-17-9-12(2)20-15/h9,13-14,16,18H,4-8,10-11H2,1-3H3. The Kier molecular flexibility index (Phi) is 9.02. The van der Waals surface area contributed by atoms with Gasteiger partial charge in [0.05, 0.1) is 18.8 Å². The molecule has 2 atom stereocenters. The van der Waals surface area contributed by atoms with Gasteiger partial charge in [0.1, 0.15) is 5.01 Å². The van der Waals surface area contributed by atoms with Gasteiger partial charge in [-0.05, 0) is 20.3 Å². The maximum atomic E-state index is 9.85. The zero-order valence-corrected chi connectivity index (χ0v) is 13.7. The maximum Gasteiger partial charge on any atom is 0.109 e. The zero-order valence-electron chi connectivity index (χ0n) is 12.9. The number of aliphatic hydroxyl groups excluding tert-OH is 1. The summed E-state index contributed by atoms with van der Waals surface area (Å²) >= 11 is 1.69. The van der Waals surface area contributed by atoms with E-state index in [1.54, 1.807) is 11.3 Å². The van der Waals surface area contributed by atoms with Gasteiger partial charge in [0, 0.05) is 24.2 Å². The fraction of sp³-hybridized carbons (Fsp3) is 0.800. The van der Waals surface area contributed by atoms with Crippen molar-refractivity contribution in [2.75, 3.05) is 19.8 Å². The van der Waals surface area contributed by atoms with Gasteiger partial charge in [-0.3, -0.25) is 0 Å². The predicted octanol–water partition coefficient (Wildman–Crippen LogP) is 3.06. The van der Waals surface area contributed by atoms with Gasteiger partial charge in [-0.1, -0.05) is 26.2 Å². The van der Waals surface area contributed by atoms with Gasteiger partial charge in [-0.25, -0.2) is 4.98 Å². The van der Waals surface area contributed by atoms with E-state index in [-0.39, 0.29) is 6.04 Å². The summed E-state index contributed by atoms with van der Waals surface area (Å²) in [5.74, 6) is 0. The summed E-state index contributed by atoms with van der Waals surface area (Å²) < 4.78 is 5.48. The summed E-state index contributed by atoms with van der Waals surface area (Å²) in [6.07, 6.45) is 6.23. The minimum atomic E-state index is -0.454. The molecule has 0 aliphatic rings. The van der Waals surface area contributed by atoms with Crippen LogP contribution < -0.4 is 5.32 Å². The molecule has 5 heteroatoms. The number of rotatable bonds is 11. The first-order chi connectivity index (χ1) is 9.63. The second-order valence-corrected chi connectivity index (χ2v) is 6.49. The maximum absolute atomic E-state index is 9.85. The van der Waals surface area contributed by atoms with Crippen LogP contribution in [0.4, 0.5) is 0 Å². The molecule has 0 radical (unpaired) electrons. The van der Waals surface area contributed by atoms with Crippen LogP contribution in [0.25, 0.3) is 0 Å². The van der Waals surface area contributed by atoms with Crippen molar-refractivity contribution in [3.05, 3.63) is 16.1 Å². The second kappa shape index (κ2) is 10.3. The quantitative estimate of drug-likeness (QED) is 0.617. The fourth-order valence-corrected chi connectivity index (χ4v) is 2.68. The number of thiazole rings is 1. The molecule has 1 rings (SSSR count). The fourth-order valence-electron chi connectivity index (χ4n) is 1.88. The average molecular weight is 300 g/mol. The lowest BCUT2D eigenvalue weighted by atomic mass is 10.2. The molecule has 116 valence electrons. The van der Waals surface area contributed by atoms with Crippen LogP contribution >= 0.6 is 11.3 Å². The number of ether oxygens (including phenoxy) is 1. The Morgan fingerprint density at radius 2 is 2.20 bits per heavy atom. The first-order valence-electron chi connectivity index (χ1n) is 7.55. The molecule has 0 saturated carbocycles. The monoisotopic (exact) mass is 300 g/mol. The van der Waals surface area contributed by atoms with Gasteiger partial charge in [0.25, 0.3) is 0 Å². The number of aliphatic hydroxyl groups is 1. The Morgan fingerprint density at radius 1 is 1.40 bits per heavy atom. The van der Waals surface area contributed by atoms with E-state index < -0.39 is 6.10 Å². The molecule has 0 aliphatic heterocycles. The number of unbranched alkanes of at least 4 members (excludes halogenated alkanes) is 3. The molecule has 2 N–H and O–H groups in total. The largest absolute Gasteiger partial charge is 0.389 e. The van der Waals surface area contributed by atoms with Gasteiger partial charge >= 0.3 is 0 Å². The van der Waals surface area contributed by atoms with E-state index in [9.17, 15) is 5.11 Å². The highest BCUT2D eigenvalue weighted by atomic mass is 32.1. The lowest BCUT2D eigenvalue weighted by Crippen LogP contribution is -2.32. The van der Waals surface area contributed by atoms with E-state index >= 15 is 0 Å². The summed E-state index contributed by atoms with van der Waals surface area (Å²) in [6, 6.07) is 0.174. The van der Waals surface area contributed by atoms with Gasteiger partial charge in [-0.2, -0.15) is 0 Å². The summed E-state index contributed by atoms with van der Waals surface area (Å²) in [4.78, 5) is 5.55. The first kappa shape index (κ1) is 17.6. The molecule has 0 amide bonds. The molecule has 0 saturated heterocycles. The molecule has 0 fully saturated rings. The molecule has 2 unspecified atom stereocenters. The van der Waals surface area contributed by atoms with E-state index in [1.165, 1.54) is 24.1 Å². The minimum Gasteiger partial charge on any atom is -0.389 e. The van der Waals surface area contributed by atoms with Crippen molar-refractivity contribution in [1.82, 2.24) is 10.3 Å². The van der Waals surface area contributed by atoms with Crippen LogP contribution in [0.2, 0.25) is 0 Å². The third-order valence-electron chi connectivity index (χ3n) is 3.12. The van der Waals surface area contributed by atoms with Crippen LogP contribution in [0.1, 0.15) is 55.5 Å². The molecular formula is C15H28N2O2S. The lowest BCUT2D eigenvalue weighted by molar-refractivity contribution is 0.0343. The van der Waals surface area contributed by atoms with Crippen LogP contribution in [0.3, 0.4) is 0 Å². The summed E-state index contributed by atoms with van der Waals surface area (Å²) in [5, 5.41) is 14.2. The molecule has 0 bridgehead atoms. The Morgan fingerprint density at radius 3 is 2.85 bits per heavy atom. The Bertz CT molecular complexity index is 357. The van der Waals surface area contributed by atoms with Crippen molar-refractivity contribution < 1.29 is 9.84 Å². The van der Waals surface area contributed by atoms with Crippen molar-refractivity contribution >= 4 is 11.3 Å². The molecule has 0 aliphatic carbocycles. The van der Waals surface area contributed by atoms with Gasteiger partial charge in [0.2, 0.25) is 0 Å². The van der Waals surface area contributed by atoms with E-state index in [0.717, 1.165) is 18.0 Å². The highest BCUT2D eigenvalue weighted by Crippen LogP contribution is 2.18. The van der Waals surface area contributed by atoms with E-state index in [2.05, 4.69) is 31.1 Å². The van der Waals surface area contributed by atoms with Crippen molar-refractivity contribution in [2.24, 2.45) is 0 Å². The zero-order chi connectivity index (χ0) is 14.8. The molecular weight excluding hydrogens is 272 g/mol. The second-order valence-electron chi connectivity index (χ2n) is 5.23. The summed E-state index contributed by atoms with van der Waals surface area (Å²) in [7, 11) is 0. The molecule has 1 heterocycles. The number of nitrogens with zero attached hydrogens (tertiary/aromatic N) is 1. The number of aryl methyl sites for hydroxylation is 1. The number of hydrogen-bond acceptors (Lipinski definition) is 5. The summed E-state index contributed by atoms with van der Waals surface area (Å²) in [5.41, 5.74) is 0. The highest BCUT2D eigenvalue weighted by Gasteiger charge is 2.11. The molecule has 1 aromatic heterocycles. The van der Waals surface area contributed by atoms with E-state index in [0.29, 0.717) is 13.2 Å². The first-order valence-corrected chi connectivity index (χ1v) is 8.36. The van der Waals surface area contributed by atoms with Crippen LogP contribution in [0.15, 0.2) is 6.20 Å². The van der Waals surface area contributed by atoms with Crippen LogP contribution in [-0.4, -0.2) is 36.0 Å². The van der Waals surface area contributed by atoms with Crippen molar-refractivity contribution in [3.8, 4) is 0 Å². The molecule has 0 aromatic carbocycles. The van der Waals surface area contributed by atoms with Crippen molar-refractivity contribution in [1.29, 1.82) is 0 Å². The Hall–Kier alpha value is -0.490. The van der Waals surface area contributed by atoms with Crippen molar-refractivity contribution in [2.45, 2.75) is 58.6 Å². The third kappa shape index (κ3) is 7.33. The summed E-state index contributed by atoms with van der Waals surface area (Å²) in [6.45, 7) is 8.00. The molecule has 4 nitrogen and oxygen atoms in total. The average Bonchev–Trinajstić information content (AvgIpc) is 2.86. The van der Waals surface area contributed by atoms with E-state index in [4.69, 9.17) is 4.74 Å². The molecule has 0 spiro atoms. The number of aromatic nitrogens is 1. The molecule has 20 heavy (non-hydrogen) atoms. The number of nitrogens with one attached hydrogen (secondary N) is 1. The van der Waals surface area contributed by atoms with Gasteiger partial charge in [0.15, 0.2) is 0 Å². The lowest BCUT2D eigenvalue weighted by Gasteiger charge is -2.15. The Labute approximate surface area is 126 Å². The minimum absolute atomic E-state index is 0.174. The predicted molar refractivity (Wildman–Crippen MR) is 84.2 cm³/mol. The van der Waals surface area contributed by atoms with Crippen LogP contribution in [0.5, 0.6) is 0 Å². The Balaban J connectivity index is 2.06.